The normalized spacial score (nSPS) is 11.0. The largest absolute Gasteiger partial charge is 0.461 e. The van der Waals surface area contributed by atoms with Crippen molar-refractivity contribution >= 4 is 50.1 Å². The lowest BCUT2D eigenvalue weighted by Crippen LogP contribution is -2.07. The van der Waals surface area contributed by atoms with E-state index in [4.69, 9.17) is 22.1 Å². The molecule has 0 amide bonds. The van der Waals surface area contributed by atoms with Crippen molar-refractivity contribution in [3.8, 4) is 0 Å². The lowest BCUT2D eigenvalue weighted by atomic mass is 10.0. The first kappa shape index (κ1) is 16.9. The Kier molecular flexibility index (Phi) is 4.83. The van der Waals surface area contributed by atoms with Gasteiger partial charge >= 0.3 is 5.97 Å². The number of nitrogens with one attached hydrogen (secondary N) is 1. The predicted molar refractivity (Wildman–Crippen MR) is 101 cm³/mol. The van der Waals surface area contributed by atoms with Crippen molar-refractivity contribution in [2.75, 3.05) is 12.3 Å². The van der Waals surface area contributed by atoms with Crippen LogP contribution in [0.5, 0.6) is 0 Å². The number of aromatic amines is 1. The van der Waals surface area contributed by atoms with Gasteiger partial charge in [0.1, 0.15) is 5.69 Å². The fourth-order valence-corrected chi connectivity index (χ4v) is 3.50. The first-order valence-corrected chi connectivity index (χ1v) is 8.67. The highest BCUT2D eigenvalue weighted by atomic mass is 79.9. The molecule has 0 saturated heterocycles. The van der Waals surface area contributed by atoms with E-state index in [0.717, 1.165) is 26.5 Å². The van der Waals surface area contributed by atoms with Gasteiger partial charge in [0.05, 0.1) is 12.3 Å². The smallest absolute Gasteiger partial charge is 0.356 e. The third-order valence-electron chi connectivity index (χ3n) is 3.75. The Morgan fingerprint density at radius 2 is 2.12 bits per heavy atom. The molecule has 2 aromatic carbocycles. The van der Waals surface area contributed by atoms with Gasteiger partial charge in [0.25, 0.3) is 0 Å². The molecule has 1 aromatic heterocycles. The number of nitrogen functional groups attached to an aromatic ring is 1. The highest BCUT2D eigenvalue weighted by Crippen LogP contribution is 2.33. The summed E-state index contributed by atoms with van der Waals surface area (Å²) >= 11 is 9.58. The van der Waals surface area contributed by atoms with Crippen molar-refractivity contribution < 1.29 is 9.53 Å². The standard InChI is InChI=1S/C18H16BrClN2O2/c1-2-24-18(23)17-16(21)15-11(8-12(19)9-14(15)22-17)6-10-4-3-5-13(20)7-10/h3-5,7-9,22H,2,6,21H2,1H3. The molecule has 0 fully saturated rings. The van der Waals surface area contributed by atoms with Crippen molar-refractivity contribution in [2.24, 2.45) is 0 Å². The van der Waals surface area contributed by atoms with Crippen LogP contribution in [0.4, 0.5) is 5.69 Å². The molecule has 0 atom stereocenters. The second kappa shape index (κ2) is 6.87. The lowest BCUT2D eigenvalue weighted by molar-refractivity contribution is 0.0522. The third kappa shape index (κ3) is 3.28. The number of carbonyl (C=O) groups excluding carboxylic acids is 1. The van der Waals surface area contributed by atoms with Gasteiger partial charge in [-0.1, -0.05) is 39.7 Å². The summed E-state index contributed by atoms with van der Waals surface area (Å²) in [4.78, 5) is 15.1. The molecule has 0 radical (unpaired) electrons. The molecule has 0 bridgehead atoms. The molecule has 0 spiro atoms. The van der Waals surface area contributed by atoms with E-state index in [1.165, 1.54) is 0 Å². The number of halogens is 2. The zero-order valence-electron chi connectivity index (χ0n) is 13.0. The van der Waals surface area contributed by atoms with Crippen LogP contribution in [0.2, 0.25) is 5.02 Å². The van der Waals surface area contributed by atoms with Gasteiger partial charge in [-0.3, -0.25) is 0 Å². The van der Waals surface area contributed by atoms with E-state index in [9.17, 15) is 4.79 Å². The van der Waals surface area contributed by atoms with Gasteiger partial charge in [-0.25, -0.2) is 4.79 Å². The number of anilines is 1. The van der Waals surface area contributed by atoms with Crippen LogP contribution in [0.15, 0.2) is 40.9 Å². The van der Waals surface area contributed by atoms with Crippen molar-refractivity contribution in [1.82, 2.24) is 4.98 Å². The SMILES string of the molecule is CCOC(=O)c1[nH]c2cc(Br)cc(Cc3cccc(Cl)c3)c2c1N. The fraction of sp³-hybridized carbons (Fsp3) is 0.167. The van der Waals surface area contributed by atoms with Gasteiger partial charge in [0.2, 0.25) is 0 Å². The topological polar surface area (TPSA) is 68.1 Å². The Hall–Kier alpha value is -1.98. The van der Waals surface area contributed by atoms with E-state index < -0.39 is 5.97 Å². The molecule has 6 heteroatoms. The van der Waals surface area contributed by atoms with Crippen LogP contribution in [0.3, 0.4) is 0 Å². The number of H-pyrrole nitrogens is 1. The molecule has 3 N–H and O–H groups in total. The summed E-state index contributed by atoms with van der Waals surface area (Å²) in [7, 11) is 0. The summed E-state index contributed by atoms with van der Waals surface area (Å²) in [6.07, 6.45) is 0.654. The molecular weight excluding hydrogens is 392 g/mol. The molecule has 0 unspecified atom stereocenters. The molecule has 24 heavy (non-hydrogen) atoms. The third-order valence-corrected chi connectivity index (χ3v) is 4.44. The monoisotopic (exact) mass is 406 g/mol. The van der Waals surface area contributed by atoms with E-state index in [1.807, 2.05) is 36.4 Å². The van der Waals surface area contributed by atoms with Gasteiger partial charge in [-0.2, -0.15) is 0 Å². The maximum absolute atomic E-state index is 12.1. The molecule has 4 nitrogen and oxygen atoms in total. The summed E-state index contributed by atoms with van der Waals surface area (Å²) in [5.74, 6) is -0.448. The molecular formula is C18H16BrClN2O2. The molecule has 0 saturated carbocycles. The van der Waals surface area contributed by atoms with Crippen LogP contribution in [-0.4, -0.2) is 17.6 Å². The second-order valence-electron chi connectivity index (χ2n) is 5.43. The summed E-state index contributed by atoms with van der Waals surface area (Å²) in [6.45, 7) is 2.06. The quantitative estimate of drug-likeness (QED) is 0.602. The average molecular weight is 408 g/mol. The van der Waals surface area contributed by atoms with Crippen LogP contribution in [0.1, 0.15) is 28.5 Å². The number of aromatic nitrogens is 1. The average Bonchev–Trinajstić information content (AvgIpc) is 2.84. The number of nitrogens with two attached hydrogens (primary N) is 1. The highest BCUT2D eigenvalue weighted by molar-refractivity contribution is 9.10. The van der Waals surface area contributed by atoms with E-state index in [0.29, 0.717) is 23.7 Å². The summed E-state index contributed by atoms with van der Waals surface area (Å²) in [6, 6.07) is 11.6. The number of fused-ring (bicyclic) bond motifs is 1. The van der Waals surface area contributed by atoms with Crippen LogP contribution >= 0.6 is 27.5 Å². The van der Waals surface area contributed by atoms with Crippen LogP contribution in [-0.2, 0) is 11.2 Å². The van der Waals surface area contributed by atoms with Gasteiger partial charge in [0, 0.05) is 20.4 Å². The van der Waals surface area contributed by atoms with E-state index in [-0.39, 0.29) is 5.69 Å². The number of ether oxygens (including phenoxy) is 1. The number of carbonyl (C=O) groups is 1. The Balaban J connectivity index is 2.11. The van der Waals surface area contributed by atoms with Crippen molar-refractivity contribution in [2.45, 2.75) is 13.3 Å². The van der Waals surface area contributed by atoms with E-state index in [2.05, 4.69) is 20.9 Å². The molecule has 3 aromatic rings. The minimum atomic E-state index is -0.448. The maximum Gasteiger partial charge on any atom is 0.356 e. The maximum atomic E-state index is 12.1. The molecule has 124 valence electrons. The zero-order chi connectivity index (χ0) is 17.3. The number of hydrogen-bond donors (Lipinski definition) is 2. The Morgan fingerprint density at radius 3 is 2.83 bits per heavy atom. The molecule has 0 aliphatic heterocycles. The number of benzene rings is 2. The number of esters is 1. The van der Waals surface area contributed by atoms with Gasteiger partial charge in [-0.15, -0.1) is 0 Å². The van der Waals surface area contributed by atoms with Crippen LogP contribution in [0.25, 0.3) is 10.9 Å². The van der Waals surface area contributed by atoms with Gasteiger partial charge in [-0.05, 0) is 48.7 Å². The fourth-order valence-electron chi connectivity index (χ4n) is 2.78. The van der Waals surface area contributed by atoms with Gasteiger partial charge < -0.3 is 15.5 Å². The van der Waals surface area contributed by atoms with Crippen molar-refractivity contribution in [3.63, 3.8) is 0 Å². The molecule has 0 aliphatic rings. The summed E-state index contributed by atoms with van der Waals surface area (Å²) < 4.78 is 5.97. The van der Waals surface area contributed by atoms with Crippen LogP contribution < -0.4 is 5.73 Å². The summed E-state index contributed by atoms with van der Waals surface area (Å²) in [5, 5.41) is 1.52. The first-order valence-electron chi connectivity index (χ1n) is 7.50. The predicted octanol–water partition coefficient (Wildman–Crippen LogP) is 4.93. The number of hydrogen-bond acceptors (Lipinski definition) is 3. The van der Waals surface area contributed by atoms with E-state index >= 15 is 0 Å². The minimum absolute atomic E-state index is 0.289. The number of rotatable bonds is 4. The molecule has 3 rings (SSSR count). The van der Waals surface area contributed by atoms with Gasteiger partial charge in [0.15, 0.2) is 0 Å². The Labute approximate surface area is 153 Å². The highest BCUT2D eigenvalue weighted by Gasteiger charge is 2.19. The van der Waals surface area contributed by atoms with Crippen molar-refractivity contribution in [1.29, 1.82) is 0 Å². The lowest BCUT2D eigenvalue weighted by Gasteiger charge is -2.07. The molecule has 1 heterocycles. The van der Waals surface area contributed by atoms with Crippen molar-refractivity contribution in [3.05, 3.63) is 62.7 Å². The van der Waals surface area contributed by atoms with E-state index in [1.54, 1.807) is 6.92 Å². The minimum Gasteiger partial charge on any atom is -0.461 e. The van der Waals surface area contributed by atoms with Crippen LogP contribution in [0, 0.1) is 0 Å². The molecule has 0 aliphatic carbocycles. The Bertz CT molecular complexity index is 921. The zero-order valence-corrected chi connectivity index (χ0v) is 15.4. The second-order valence-corrected chi connectivity index (χ2v) is 6.78. The summed E-state index contributed by atoms with van der Waals surface area (Å²) in [5.41, 5.74) is 9.80. The first-order chi connectivity index (χ1) is 11.5. The Morgan fingerprint density at radius 1 is 1.33 bits per heavy atom.